The van der Waals surface area contributed by atoms with Crippen molar-refractivity contribution in [1.29, 1.82) is 0 Å². The maximum Gasteiger partial charge on any atom is 0.165 e. The number of hydrogen-bond donors (Lipinski definition) is 1. The van der Waals surface area contributed by atoms with E-state index in [0.29, 0.717) is 11.8 Å². The highest BCUT2D eigenvalue weighted by atomic mass is 19.1. The monoisotopic (exact) mass is 278 g/mol. The minimum absolute atomic E-state index is 0.296. The Labute approximate surface area is 120 Å². The van der Waals surface area contributed by atoms with E-state index in [1.807, 2.05) is 18.2 Å². The van der Waals surface area contributed by atoms with Crippen LogP contribution >= 0.6 is 0 Å². The molecule has 2 rings (SSSR count). The molecule has 110 valence electrons. The van der Waals surface area contributed by atoms with Gasteiger partial charge in [0.25, 0.3) is 0 Å². The number of methoxy groups -OCH3 is 1. The van der Waals surface area contributed by atoms with E-state index in [0.717, 1.165) is 44.6 Å². The van der Waals surface area contributed by atoms with E-state index >= 15 is 0 Å². The summed E-state index contributed by atoms with van der Waals surface area (Å²) in [6, 6.07) is 5.49. The fourth-order valence-electron chi connectivity index (χ4n) is 2.71. The van der Waals surface area contributed by atoms with Crippen LogP contribution in [0.25, 0.3) is 0 Å². The van der Waals surface area contributed by atoms with Crippen molar-refractivity contribution in [2.45, 2.75) is 18.9 Å². The zero-order chi connectivity index (χ0) is 14.4. The molecule has 0 saturated carbocycles. The standard InChI is InChI=1S/C16H23FN2O/c1-3-4-5-15(19-10-8-18-9-11-19)13-6-7-14(17)16(12-13)20-2/h3,6-7,12,15,18H,1,4-5,8-11H2,2H3/t15-/m1/s1. The average Bonchev–Trinajstić information content (AvgIpc) is 2.50. The van der Waals surface area contributed by atoms with Crippen LogP contribution in [0, 0.1) is 5.82 Å². The molecule has 1 saturated heterocycles. The van der Waals surface area contributed by atoms with Crippen LogP contribution in [0.15, 0.2) is 30.9 Å². The van der Waals surface area contributed by atoms with Crippen molar-refractivity contribution in [2.75, 3.05) is 33.3 Å². The van der Waals surface area contributed by atoms with Gasteiger partial charge in [-0.15, -0.1) is 6.58 Å². The fourth-order valence-corrected chi connectivity index (χ4v) is 2.71. The van der Waals surface area contributed by atoms with E-state index in [1.54, 1.807) is 0 Å². The zero-order valence-corrected chi connectivity index (χ0v) is 12.1. The van der Waals surface area contributed by atoms with Gasteiger partial charge >= 0.3 is 0 Å². The number of rotatable bonds is 6. The quantitative estimate of drug-likeness (QED) is 0.810. The minimum Gasteiger partial charge on any atom is -0.494 e. The van der Waals surface area contributed by atoms with Gasteiger partial charge in [0.15, 0.2) is 11.6 Å². The first-order valence-electron chi connectivity index (χ1n) is 7.15. The fraction of sp³-hybridized carbons (Fsp3) is 0.500. The highest BCUT2D eigenvalue weighted by Gasteiger charge is 2.22. The third-order valence-corrected chi connectivity index (χ3v) is 3.80. The Bertz CT molecular complexity index is 444. The molecule has 1 atom stereocenters. The highest BCUT2D eigenvalue weighted by molar-refractivity contribution is 5.32. The van der Waals surface area contributed by atoms with Crippen LogP contribution in [0.3, 0.4) is 0 Å². The van der Waals surface area contributed by atoms with Crippen LogP contribution in [-0.4, -0.2) is 38.2 Å². The second-order valence-corrected chi connectivity index (χ2v) is 5.06. The molecule has 1 fully saturated rings. The molecule has 4 heteroatoms. The van der Waals surface area contributed by atoms with Gasteiger partial charge in [-0.1, -0.05) is 12.1 Å². The maximum absolute atomic E-state index is 13.6. The van der Waals surface area contributed by atoms with Crippen LogP contribution in [-0.2, 0) is 0 Å². The molecule has 0 aliphatic carbocycles. The van der Waals surface area contributed by atoms with Crippen molar-refractivity contribution >= 4 is 0 Å². The summed E-state index contributed by atoms with van der Waals surface area (Å²) >= 11 is 0. The molecule has 1 N–H and O–H groups in total. The summed E-state index contributed by atoms with van der Waals surface area (Å²) < 4.78 is 18.7. The summed E-state index contributed by atoms with van der Waals surface area (Å²) in [4.78, 5) is 2.45. The number of allylic oxidation sites excluding steroid dienone is 1. The molecule has 1 aromatic rings. The van der Waals surface area contributed by atoms with Gasteiger partial charge in [-0.05, 0) is 30.5 Å². The highest BCUT2D eigenvalue weighted by Crippen LogP contribution is 2.30. The average molecular weight is 278 g/mol. The molecule has 1 aromatic carbocycles. The molecular weight excluding hydrogens is 255 g/mol. The molecule has 0 unspecified atom stereocenters. The van der Waals surface area contributed by atoms with Gasteiger partial charge < -0.3 is 10.1 Å². The summed E-state index contributed by atoms with van der Waals surface area (Å²) in [5.41, 5.74) is 1.12. The Morgan fingerprint density at radius 2 is 2.20 bits per heavy atom. The van der Waals surface area contributed by atoms with E-state index < -0.39 is 0 Å². The van der Waals surface area contributed by atoms with Crippen LogP contribution in [0.5, 0.6) is 5.75 Å². The van der Waals surface area contributed by atoms with Crippen molar-refractivity contribution in [2.24, 2.45) is 0 Å². The topological polar surface area (TPSA) is 24.5 Å². The van der Waals surface area contributed by atoms with Gasteiger partial charge in [-0.25, -0.2) is 4.39 Å². The van der Waals surface area contributed by atoms with Gasteiger partial charge in [-0.3, -0.25) is 4.90 Å². The Morgan fingerprint density at radius 3 is 2.85 bits per heavy atom. The van der Waals surface area contributed by atoms with Crippen LogP contribution < -0.4 is 10.1 Å². The lowest BCUT2D eigenvalue weighted by atomic mass is 9.99. The third kappa shape index (κ3) is 3.58. The number of ether oxygens (including phenoxy) is 1. The zero-order valence-electron chi connectivity index (χ0n) is 12.1. The minimum atomic E-state index is -0.306. The molecule has 1 heterocycles. The predicted octanol–water partition coefficient (Wildman–Crippen LogP) is 2.75. The second-order valence-electron chi connectivity index (χ2n) is 5.06. The summed E-state index contributed by atoms with van der Waals surface area (Å²) in [6.07, 6.45) is 3.89. The molecule has 20 heavy (non-hydrogen) atoms. The van der Waals surface area contributed by atoms with E-state index in [-0.39, 0.29) is 5.82 Å². The number of benzene rings is 1. The molecule has 0 bridgehead atoms. The van der Waals surface area contributed by atoms with E-state index in [2.05, 4.69) is 16.8 Å². The Hall–Kier alpha value is -1.39. The van der Waals surface area contributed by atoms with Crippen molar-refractivity contribution in [3.05, 3.63) is 42.2 Å². The van der Waals surface area contributed by atoms with Gasteiger partial charge in [0, 0.05) is 32.2 Å². The van der Waals surface area contributed by atoms with Crippen LogP contribution in [0.2, 0.25) is 0 Å². The molecule has 1 aliphatic rings. The SMILES string of the molecule is C=CCC[C@H](c1ccc(F)c(OC)c1)N1CCNCC1. The summed E-state index contributed by atoms with van der Waals surface area (Å²) in [5, 5.41) is 3.36. The van der Waals surface area contributed by atoms with E-state index in [1.165, 1.54) is 13.2 Å². The van der Waals surface area contributed by atoms with Gasteiger partial charge in [0.2, 0.25) is 0 Å². The Kier molecular flexibility index (Phi) is 5.56. The molecule has 3 nitrogen and oxygen atoms in total. The van der Waals surface area contributed by atoms with Crippen molar-refractivity contribution < 1.29 is 9.13 Å². The first-order chi connectivity index (χ1) is 9.76. The molecular formula is C16H23FN2O. The number of nitrogens with one attached hydrogen (secondary N) is 1. The van der Waals surface area contributed by atoms with E-state index in [9.17, 15) is 4.39 Å². The normalized spacial score (nSPS) is 17.7. The first-order valence-corrected chi connectivity index (χ1v) is 7.15. The molecule has 0 spiro atoms. The predicted molar refractivity (Wildman–Crippen MR) is 79.6 cm³/mol. The van der Waals surface area contributed by atoms with Gasteiger partial charge in [0.1, 0.15) is 0 Å². The van der Waals surface area contributed by atoms with Crippen molar-refractivity contribution in [3.63, 3.8) is 0 Å². The number of piperazine rings is 1. The Morgan fingerprint density at radius 1 is 1.45 bits per heavy atom. The van der Waals surface area contributed by atoms with Crippen molar-refractivity contribution in [3.8, 4) is 5.75 Å². The third-order valence-electron chi connectivity index (χ3n) is 3.80. The maximum atomic E-state index is 13.6. The summed E-state index contributed by atoms with van der Waals surface area (Å²) in [5.74, 6) is 0.0141. The van der Waals surface area contributed by atoms with Gasteiger partial charge in [-0.2, -0.15) is 0 Å². The lowest BCUT2D eigenvalue weighted by molar-refractivity contribution is 0.166. The van der Waals surface area contributed by atoms with E-state index in [4.69, 9.17) is 4.74 Å². The summed E-state index contributed by atoms with van der Waals surface area (Å²) in [7, 11) is 1.51. The largest absolute Gasteiger partial charge is 0.494 e. The van der Waals surface area contributed by atoms with Crippen LogP contribution in [0.4, 0.5) is 4.39 Å². The lowest BCUT2D eigenvalue weighted by Crippen LogP contribution is -2.45. The smallest absolute Gasteiger partial charge is 0.165 e. The first kappa shape index (κ1) is 15.0. The molecule has 0 radical (unpaired) electrons. The molecule has 1 aliphatic heterocycles. The molecule has 0 amide bonds. The van der Waals surface area contributed by atoms with Gasteiger partial charge in [0.05, 0.1) is 7.11 Å². The number of halogens is 1. The second kappa shape index (κ2) is 7.41. The number of hydrogen-bond acceptors (Lipinski definition) is 3. The number of nitrogens with zero attached hydrogens (tertiary/aromatic N) is 1. The summed E-state index contributed by atoms with van der Waals surface area (Å²) in [6.45, 7) is 7.84. The molecule has 0 aromatic heterocycles. The van der Waals surface area contributed by atoms with Crippen LogP contribution in [0.1, 0.15) is 24.4 Å². The lowest BCUT2D eigenvalue weighted by Gasteiger charge is -2.35. The van der Waals surface area contributed by atoms with Crippen molar-refractivity contribution in [1.82, 2.24) is 10.2 Å². The Balaban J connectivity index is 2.22.